The number of benzene rings is 1. The zero-order valence-corrected chi connectivity index (χ0v) is 12.8. The summed E-state index contributed by atoms with van der Waals surface area (Å²) < 4.78 is 0. The predicted molar refractivity (Wildman–Crippen MR) is 84.0 cm³/mol. The molecule has 0 unspecified atom stereocenters. The van der Waals surface area contributed by atoms with Gasteiger partial charge in [0.25, 0.3) is 5.69 Å². The second-order valence-corrected chi connectivity index (χ2v) is 6.19. The van der Waals surface area contributed by atoms with Crippen LogP contribution in [0.5, 0.6) is 0 Å². The smallest absolute Gasteiger partial charge is 0.292 e. The Hall–Kier alpha value is -2.11. The monoisotopic (exact) mass is 303 g/mol. The molecule has 0 atom stereocenters. The van der Waals surface area contributed by atoms with Crippen molar-refractivity contribution in [3.8, 4) is 0 Å². The van der Waals surface area contributed by atoms with Crippen LogP contribution in [0.15, 0.2) is 18.2 Å². The van der Waals surface area contributed by atoms with E-state index in [0.29, 0.717) is 18.8 Å². The van der Waals surface area contributed by atoms with Crippen LogP contribution in [-0.4, -0.2) is 41.9 Å². The molecule has 22 heavy (non-hydrogen) atoms. The van der Waals surface area contributed by atoms with Crippen LogP contribution in [-0.2, 0) is 4.79 Å². The van der Waals surface area contributed by atoms with E-state index in [-0.39, 0.29) is 22.4 Å². The number of carbonyl (C=O) groups is 1. The summed E-state index contributed by atoms with van der Waals surface area (Å²) in [6.07, 6.45) is 2.88. The van der Waals surface area contributed by atoms with E-state index in [0.717, 1.165) is 37.9 Å². The van der Waals surface area contributed by atoms with E-state index in [1.807, 2.05) is 28.9 Å². The molecular weight excluding hydrogens is 282 g/mol. The Morgan fingerprint density at radius 2 is 2.00 bits per heavy atom. The summed E-state index contributed by atoms with van der Waals surface area (Å²) in [7, 11) is 0. The molecule has 1 aromatic carbocycles. The lowest BCUT2D eigenvalue weighted by Gasteiger charge is -2.23. The molecule has 118 valence electrons. The average Bonchev–Trinajstić information content (AvgIpc) is 3.33. The van der Waals surface area contributed by atoms with E-state index in [1.165, 1.54) is 0 Å². The fraction of sp³-hybridized carbons (Fsp3) is 0.562. The van der Waals surface area contributed by atoms with Gasteiger partial charge in [-0.25, -0.2) is 0 Å². The summed E-state index contributed by atoms with van der Waals surface area (Å²) in [6, 6.07) is 5.35. The van der Waals surface area contributed by atoms with Gasteiger partial charge in [0.15, 0.2) is 0 Å². The van der Waals surface area contributed by atoms with Gasteiger partial charge in [-0.3, -0.25) is 14.9 Å². The second kappa shape index (κ2) is 5.94. The van der Waals surface area contributed by atoms with Gasteiger partial charge in [-0.2, -0.15) is 0 Å². The summed E-state index contributed by atoms with van der Waals surface area (Å²) in [5, 5.41) is 11.3. The highest BCUT2D eigenvalue weighted by molar-refractivity contribution is 5.81. The Labute approximate surface area is 129 Å². The molecule has 2 fully saturated rings. The van der Waals surface area contributed by atoms with Crippen molar-refractivity contribution in [2.45, 2.75) is 26.2 Å². The van der Waals surface area contributed by atoms with Crippen molar-refractivity contribution < 1.29 is 9.72 Å². The minimum atomic E-state index is -0.319. The number of amides is 1. The highest BCUT2D eigenvalue weighted by Crippen LogP contribution is 2.33. The third-order valence-electron chi connectivity index (χ3n) is 4.40. The van der Waals surface area contributed by atoms with E-state index in [2.05, 4.69) is 0 Å². The van der Waals surface area contributed by atoms with E-state index in [9.17, 15) is 14.9 Å². The molecule has 6 heteroatoms. The van der Waals surface area contributed by atoms with Gasteiger partial charge in [0.1, 0.15) is 5.69 Å². The molecule has 1 aliphatic carbocycles. The first-order valence-electron chi connectivity index (χ1n) is 7.85. The first-order valence-corrected chi connectivity index (χ1v) is 7.85. The van der Waals surface area contributed by atoms with Crippen molar-refractivity contribution in [2.24, 2.45) is 5.92 Å². The van der Waals surface area contributed by atoms with Crippen LogP contribution >= 0.6 is 0 Å². The van der Waals surface area contributed by atoms with Gasteiger partial charge >= 0.3 is 0 Å². The zero-order valence-electron chi connectivity index (χ0n) is 12.8. The third-order valence-corrected chi connectivity index (χ3v) is 4.40. The number of aryl methyl sites for hydroxylation is 1. The van der Waals surface area contributed by atoms with Crippen molar-refractivity contribution >= 4 is 17.3 Å². The van der Waals surface area contributed by atoms with Crippen LogP contribution in [0.25, 0.3) is 0 Å². The lowest BCUT2D eigenvalue weighted by molar-refractivity contribution is -0.384. The fourth-order valence-corrected chi connectivity index (χ4v) is 3.01. The molecule has 6 nitrogen and oxygen atoms in total. The Morgan fingerprint density at radius 3 is 2.68 bits per heavy atom. The number of anilines is 1. The Bertz CT molecular complexity index is 598. The van der Waals surface area contributed by atoms with Crippen molar-refractivity contribution in [3.63, 3.8) is 0 Å². The van der Waals surface area contributed by atoms with Gasteiger partial charge in [-0.1, -0.05) is 6.07 Å². The van der Waals surface area contributed by atoms with Gasteiger partial charge in [0.2, 0.25) is 5.91 Å². The number of nitro benzene ring substituents is 1. The van der Waals surface area contributed by atoms with E-state index >= 15 is 0 Å². The maximum absolute atomic E-state index is 12.2. The summed E-state index contributed by atoms with van der Waals surface area (Å²) in [6.45, 7) is 4.67. The number of hydrogen-bond acceptors (Lipinski definition) is 4. The first kappa shape index (κ1) is 14.8. The Kier molecular flexibility index (Phi) is 4.00. The van der Waals surface area contributed by atoms with Crippen molar-refractivity contribution in [1.82, 2.24) is 4.90 Å². The van der Waals surface area contributed by atoms with E-state index in [1.54, 1.807) is 6.07 Å². The first-order chi connectivity index (χ1) is 10.6. The molecule has 0 spiro atoms. The molecule has 0 N–H and O–H groups in total. The van der Waals surface area contributed by atoms with Crippen LogP contribution in [0.3, 0.4) is 0 Å². The highest BCUT2D eigenvalue weighted by Gasteiger charge is 2.34. The van der Waals surface area contributed by atoms with Crippen molar-refractivity contribution in [3.05, 3.63) is 33.9 Å². The maximum Gasteiger partial charge on any atom is 0.292 e. The van der Waals surface area contributed by atoms with Crippen LogP contribution in [0.1, 0.15) is 24.8 Å². The number of carbonyl (C=O) groups excluding carboxylic acids is 1. The Morgan fingerprint density at radius 1 is 1.23 bits per heavy atom. The third kappa shape index (κ3) is 3.05. The van der Waals surface area contributed by atoms with Gasteiger partial charge < -0.3 is 9.80 Å². The minimum Gasteiger partial charge on any atom is -0.364 e. The molecule has 0 aromatic heterocycles. The summed E-state index contributed by atoms with van der Waals surface area (Å²) in [5.74, 6) is 0.500. The minimum absolute atomic E-state index is 0.155. The molecule has 1 amide bonds. The number of hydrogen-bond donors (Lipinski definition) is 0. The summed E-state index contributed by atoms with van der Waals surface area (Å²) in [5.41, 5.74) is 1.70. The molecule has 1 aliphatic heterocycles. The molecule has 1 aromatic rings. The second-order valence-electron chi connectivity index (χ2n) is 6.19. The van der Waals surface area contributed by atoms with Gasteiger partial charge in [0, 0.05) is 38.2 Å². The molecule has 1 saturated heterocycles. The quantitative estimate of drug-likeness (QED) is 0.635. The normalized spacial score (nSPS) is 19.0. The van der Waals surface area contributed by atoms with Crippen LogP contribution < -0.4 is 4.90 Å². The van der Waals surface area contributed by atoms with Crippen LogP contribution in [0.2, 0.25) is 0 Å². The SMILES string of the molecule is Cc1ccc(N2CCCN(C(=O)C3CC3)CC2)c([N+](=O)[O-])c1. The van der Waals surface area contributed by atoms with Crippen molar-refractivity contribution in [1.29, 1.82) is 0 Å². The molecular formula is C16H21N3O3. The zero-order chi connectivity index (χ0) is 15.7. The summed E-state index contributed by atoms with van der Waals surface area (Å²) in [4.78, 5) is 27.1. The molecule has 3 rings (SSSR count). The van der Waals surface area contributed by atoms with Gasteiger partial charge in [0.05, 0.1) is 4.92 Å². The Balaban J connectivity index is 1.75. The molecule has 2 aliphatic rings. The number of nitrogens with zero attached hydrogens (tertiary/aromatic N) is 3. The number of rotatable bonds is 3. The molecule has 1 heterocycles. The number of nitro groups is 1. The average molecular weight is 303 g/mol. The van der Waals surface area contributed by atoms with Crippen LogP contribution in [0, 0.1) is 23.0 Å². The lowest BCUT2D eigenvalue weighted by atomic mass is 10.1. The standard InChI is InChI=1S/C16H21N3O3/c1-12-3-6-14(15(11-12)19(21)22)17-7-2-8-18(10-9-17)16(20)13-4-5-13/h3,6,11,13H,2,4-5,7-10H2,1H3. The highest BCUT2D eigenvalue weighted by atomic mass is 16.6. The van der Waals surface area contributed by atoms with E-state index < -0.39 is 0 Å². The van der Waals surface area contributed by atoms with Gasteiger partial charge in [-0.05, 0) is 37.8 Å². The topological polar surface area (TPSA) is 66.7 Å². The molecule has 0 bridgehead atoms. The molecule has 0 radical (unpaired) electrons. The van der Waals surface area contributed by atoms with E-state index in [4.69, 9.17) is 0 Å². The fourth-order valence-electron chi connectivity index (χ4n) is 3.01. The maximum atomic E-state index is 12.2. The van der Waals surface area contributed by atoms with Gasteiger partial charge in [-0.15, -0.1) is 0 Å². The van der Waals surface area contributed by atoms with Crippen LogP contribution in [0.4, 0.5) is 11.4 Å². The van der Waals surface area contributed by atoms with Crippen molar-refractivity contribution in [2.75, 3.05) is 31.1 Å². The lowest BCUT2D eigenvalue weighted by Crippen LogP contribution is -2.36. The molecule has 1 saturated carbocycles. The largest absolute Gasteiger partial charge is 0.364 e. The predicted octanol–water partition coefficient (Wildman–Crippen LogP) is 2.35. The summed E-state index contributed by atoms with van der Waals surface area (Å²) >= 11 is 0.